The zero-order chi connectivity index (χ0) is 14.9. The van der Waals surface area contributed by atoms with E-state index in [0.29, 0.717) is 4.47 Å². The van der Waals surface area contributed by atoms with Crippen LogP contribution in [0.3, 0.4) is 0 Å². The predicted molar refractivity (Wildman–Crippen MR) is 74.9 cm³/mol. The maximum Gasteiger partial charge on any atom is 0.312 e. The minimum Gasteiger partial charge on any atom is -0.449 e. The Morgan fingerprint density at radius 1 is 1.05 bits per heavy atom. The lowest BCUT2D eigenvalue weighted by molar-refractivity contribution is -0.385. The molecular weight excluding hydrogens is 404 g/mol. The second-order valence-corrected chi connectivity index (χ2v) is 5.38. The smallest absolute Gasteiger partial charge is 0.312 e. The molecule has 0 saturated carbocycles. The van der Waals surface area contributed by atoms with Gasteiger partial charge in [0.2, 0.25) is 5.75 Å². The van der Waals surface area contributed by atoms with Crippen molar-refractivity contribution in [2.24, 2.45) is 0 Å². The highest BCUT2D eigenvalue weighted by atomic mass is 79.9. The molecule has 0 aromatic heterocycles. The van der Waals surface area contributed by atoms with E-state index in [1.54, 1.807) is 0 Å². The van der Waals surface area contributed by atoms with E-state index in [0.717, 1.165) is 18.2 Å². The summed E-state index contributed by atoms with van der Waals surface area (Å²) in [5.41, 5.74) is -0.436. The van der Waals surface area contributed by atoms with Crippen LogP contribution in [0.15, 0.2) is 39.3 Å². The summed E-state index contributed by atoms with van der Waals surface area (Å²) in [5, 5.41) is 10.9. The second kappa shape index (κ2) is 5.84. The number of nitro benzene ring substituents is 1. The van der Waals surface area contributed by atoms with Crippen molar-refractivity contribution < 1.29 is 18.4 Å². The Kier molecular flexibility index (Phi) is 4.34. The molecule has 0 aliphatic heterocycles. The first-order valence-electron chi connectivity index (χ1n) is 5.15. The molecule has 104 valence electrons. The lowest BCUT2D eigenvalue weighted by atomic mass is 10.3. The summed E-state index contributed by atoms with van der Waals surface area (Å²) in [6.45, 7) is 0. The molecular formula is C12H5Br2F2NO3. The molecule has 0 N–H and O–H groups in total. The van der Waals surface area contributed by atoms with E-state index in [-0.39, 0.29) is 16.0 Å². The van der Waals surface area contributed by atoms with Gasteiger partial charge in [-0.3, -0.25) is 10.1 Å². The standard InChI is InChI=1S/C12H5Br2F2NO3/c13-7-2-1-6(15)3-11(7)20-12-5-9(16)8(14)4-10(12)17(18)19/h1-5H. The van der Waals surface area contributed by atoms with Crippen molar-refractivity contribution in [2.75, 3.05) is 0 Å². The monoisotopic (exact) mass is 407 g/mol. The fourth-order valence-corrected chi connectivity index (χ4v) is 2.08. The van der Waals surface area contributed by atoms with Gasteiger partial charge >= 0.3 is 5.69 Å². The van der Waals surface area contributed by atoms with Crippen molar-refractivity contribution in [3.05, 3.63) is 61.0 Å². The van der Waals surface area contributed by atoms with Crippen LogP contribution in [0.4, 0.5) is 14.5 Å². The minimum absolute atomic E-state index is 0.00909. The van der Waals surface area contributed by atoms with Gasteiger partial charge in [-0.15, -0.1) is 0 Å². The summed E-state index contributed by atoms with van der Waals surface area (Å²) in [6, 6.07) is 5.45. The molecule has 0 atom stereocenters. The highest BCUT2D eigenvalue weighted by Gasteiger charge is 2.20. The second-order valence-electron chi connectivity index (χ2n) is 3.67. The van der Waals surface area contributed by atoms with E-state index in [9.17, 15) is 18.9 Å². The quantitative estimate of drug-likeness (QED) is 0.518. The molecule has 0 saturated heterocycles. The number of hydrogen-bond acceptors (Lipinski definition) is 3. The van der Waals surface area contributed by atoms with Crippen LogP contribution in [0.2, 0.25) is 0 Å². The molecule has 4 nitrogen and oxygen atoms in total. The zero-order valence-corrected chi connectivity index (χ0v) is 12.7. The van der Waals surface area contributed by atoms with Crippen LogP contribution < -0.4 is 4.74 Å². The Morgan fingerprint density at radius 2 is 1.75 bits per heavy atom. The topological polar surface area (TPSA) is 52.4 Å². The molecule has 0 unspecified atom stereocenters. The third-order valence-corrected chi connectivity index (χ3v) is 3.57. The van der Waals surface area contributed by atoms with Gasteiger partial charge in [0, 0.05) is 18.2 Å². The molecule has 0 radical (unpaired) electrons. The van der Waals surface area contributed by atoms with Gasteiger partial charge in [0.25, 0.3) is 0 Å². The highest BCUT2D eigenvalue weighted by Crippen LogP contribution is 2.38. The number of nitro groups is 1. The predicted octanol–water partition coefficient (Wildman–Crippen LogP) is 5.19. The number of ether oxygens (including phenoxy) is 1. The number of halogens is 4. The van der Waals surface area contributed by atoms with Gasteiger partial charge in [-0.25, -0.2) is 8.78 Å². The molecule has 0 fully saturated rings. The fourth-order valence-electron chi connectivity index (χ4n) is 1.42. The Morgan fingerprint density at radius 3 is 2.40 bits per heavy atom. The molecule has 2 aromatic rings. The third kappa shape index (κ3) is 3.13. The normalized spacial score (nSPS) is 10.4. The number of hydrogen-bond donors (Lipinski definition) is 0. The maximum atomic E-state index is 13.5. The van der Waals surface area contributed by atoms with Crippen LogP contribution in [-0.4, -0.2) is 4.92 Å². The lowest BCUT2D eigenvalue weighted by Crippen LogP contribution is -1.96. The van der Waals surface area contributed by atoms with Crippen LogP contribution in [0, 0.1) is 21.7 Å². The van der Waals surface area contributed by atoms with E-state index in [2.05, 4.69) is 31.9 Å². The molecule has 2 rings (SSSR count). The molecule has 0 amide bonds. The number of benzene rings is 2. The van der Waals surface area contributed by atoms with Crippen molar-refractivity contribution in [3.8, 4) is 11.5 Å². The van der Waals surface area contributed by atoms with Crippen LogP contribution in [0.1, 0.15) is 0 Å². The van der Waals surface area contributed by atoms with E-state index < -0.39 is 22.2 Å². The molecule has 0 bridgehead atoms. The Labute approximate surface area is 128 Å². The van der Waals surface area contributed by atoms with Crippen molar-refractivity contribution >= 4 is 37.5 Å². The van der Waals surface area contributed by atoms with Crippen LogP contribution in [0.5, 0.6) is 11.5 Å². The molecule has 2 aromatic carbocycles. The summed E-state index contributed by atoms with van der Waals surface area (Å²) in [4.78, 5) is 10.2. The number of nitrogens with zero attached hydrogens (tertiary/aromatic N) is 1. The van der Waals surface area contributed by atoms with Crippen molar-refractivity contribution in [2.45, 2.75) is 0 Å². The number of rotatable bonds is 3. The summed E-state index contributed by atoms with van der Waals surface area (Å²) in [5.74, 6) is -1.61. The first-order chi connectivity index (χ1) is 9.38. The third-order valence-electron chi connectivity index (χ3n) is 2.31. The molecule has 8 heteroatoms. The Bertz CT molecular complexity index is 695. The van der Waals surface area contributed by atoms with Gasteiger partial charge in [-0.1, -0.05) is 0 Å². The summed E-state index contributed by atoms with van der Waals surface area (Å²) < 4.78 is 32.2. The van der Waals surface area contributed by atoms with E-state index >= 15 is 0 Å². The van der Waals surface area contributed by atoms with Crippen molar-refractivity contribution in [3.63, 3.8) is 0 Å². The lowest BCUT2D eigenvalue weighted by Gasteiger charge is -2.09. The van der Waals surface area contributed by atoms with Crippen molar-refractivity contribution in [1.29, 1.82) is 0 Å². The zero-order valence-electron chi connectivity index (χ0n) is 9.57. The van der Waals surface area contributed by atoms with Gasteiger partial charge in [-0.05, 0) is 44.0 Å². The van der Waals surface area contributed by atoms with Gasteiger partial charge < -0.3 is 4.74 Å². The Balaban J connectivity index is 2.50. The average molecular weight is 409 g/mol. The van der Waals surface area contributed by atoms with Gasteiger partial charge in [0.05, 0.1) is 13.9 Å². The molecule has 0 aliphatic rings. The van der Waals surface area contributed by atoms with Crippen LogP contribution in [-0.2, 0) is 0 Å². The maximum absolute atomic E-state index is 13.5. The van der Waals surface area contributed by atoms with Gasteiger partial charge in [-0.2, -0.15) is 0 Å². The van der Waals surface area contributed by atoms with Gasteiger partial charge in [0.1, 0.15) is 17.4 Å². The summed E-state index contributed by atoms with van der Waals surface area (Å²) >= 11 is 5.97. The molecule has 0 aliphatic carbocycles. The van der Waals surface area contributed by atoms with Gasteiger partial charge in [0.15, 0.2) is 0 Å². The van der Waals surface area contributed by atoms with E-state index in [1.165, 1.54) is 12.1 Å². The van der Waals surface area contributed by atoms with E-state index in [4.69, 9.17) is 4.74 Å². The minimum atomic E-state index is -0.724. The average Bonchev–Trinajstić information content (AvgIpc) is 2.37. The first-order valence-corrected chi connectivity index (χ1v) is 6.73. The van der Waals surface area contributed by atoms with Crippen LogP contribution >= 0.6 is 31.9 Å². The van der Waals surface area contributed by atoms with Crippen molar-refractivity contribution in [1.82, 2.24) is 0 Å². The Hall–Kier alpha value is -1.54. The summed E-state index contributed by atoms with van der Waals surface area (Å²) in [7, 11) is 0. The SMILES string of the molecule is O=[N+]([O-])c1cc(Br)c(F)cc1Oc1cc(F)ccc1Br. The highest BCUT2D eigenvalue weighted by molar-refractivity contribution is 9.10. The first kappa shape index (κ1) is 14.9. The molecule has 0 spiro atoms. The summed E-state index contributed by atoms with van der Waals surface area (Å²) in [6.07, 6.45) is 0. The van der Waals surface area contributed by atoms with Crippen LogP contribution in [0.25, 0.3) is 0 Å². The van der Waals surface area contributed by atoms with E-state index in [1.807, 2.05) is 0 Å². The fraction of sp³-hybridized carbons (Fsp3) is 0. The largest absolute Gasteiger partial charge is 0.449 e. The molecule has 0 heterocycles. The molecule has 20 heavy (non-hydrogen) atoms.